The number of hydrogen-bond acceptors (Lipinski definition) is 5. The lowest BCUT2D eigenvalue weighted by molar-refractivity contribution is -0.0229. The molecule has 31 heavy (non-hydrogen) atoms. The van der Waals surface area contributed by atoms with E-state index in [0.717, 1.165) is 6.92 Å². The van der Waals surface area contributed by atoms with Crippen molar-refractivity contribution in [3.63, 3.8) is 0 Å². The molecule has 2 amide bonds. The Kier molecular flexibility index (Phi) is 6.76. The molecule has 1 aliphatic rings. The van der Waals surface area contributed by atoms with Crippen molar-refractivity contribution in [3.8, 4) is 5.75 Å². The zero-order valence-corrected chi connectivity index (χ0v) is 17.7. The lowest BCUT2D eigenvalue weighted by Gasteiger charge is -2.25. The van der Waals surface area contributed by atoms with Gasteiger partial charge in [0.25, 0.3) is 17.7 Å². The van der Waals surface area contributed by atoms with Gasteiger partial charge >= 0.3 is 0 Å². The number of aromatic nitrogens is 1. The summed E-state index contributed by atoms with van der Waals surface area (Å²) in [5.74, 6) is -3.59. The first kappa shape index (κ1) is 22.9. The fourth-order valence-electron chi connectivity index (χ4n) is 3.29. The first-order valence-corrected chi connectivity index (χ1v) is 9.98. The Hall–Kier alpha value is -2.78. The van der Waals surface area contributed by atoms with Gasteiger partial charge in [0.2, 0.25) is 0 Å². The van der Waals surface area contributed by atoms with E-state index in [2.05, 4.69) is 10.3 Å². The predicted molar refractivity (Wildman–Crippen MR) is 110 cm³/mol. The number of alkyl halides is 2. The summed E-state index contributed by atoms with van der Waals surface area (Å²) < 4.78 is 31.1. The number of nitrogens with one attached hydrogen (secondary N) is 1. The minimum absolute atomic E-state index is 0.0785. The number of halogens is 3. The van der Waals surface area contributed by atoms with E-state index in [1.54, 1.807) is 30.0 Å². The summed E-state index contributed by atoms with van der Waals surface area (Å²) in [5.41, 5.74) is 1.70. The topological polar surface area (TPSA) is 91.8 Å². The van der Waals surface area contributed by atoms with Crippen LogP contribution in [0, 0.1) is 0 Å². The second-order valence-electron chi connectivity index (χ2n) is 7.32. The number of rotatable bonds is 8. The summed E-state index contributed by atoms with van der Waals surface area (Å²) in [6.07, 6.45) is 1.39. The van der Waals surface area contributed by atoms with Crippen molar-refractivity contribution in [3.05, 3.63) is 57.9 Å². The van der Waals surface area contributed by atoms with Crippen molar-refractivity contribution in [1.29, 1.82) is 0 Å². The number of carbonyl (C=O) groups excluding carboxylic acids is 2. The van der Waals surface area contributed by atoms with Crippen LogP contribution in [0.5, 0.6) is 5.75 Å². The van der Waals surface area contributed by atoms with Gasteiger partial charge in [-0.25, -0.2) is 8.78 Å². The Bertz CT molecular complexity index is 997. The number of pyridine rings is 1. The fourth-order valence-corrected chi connectivity index (χ4v) is 3.53. The minimum Gasteiger partial charge on any atom is -0.486 e. The largest absolute Gasteiger partial charge is 0.486 e. The Morgan fingerprint density at radius 1 is 1.42 bits per heavy atom. The molecule has 1 aliphatic heterocycles. The summed E-state index contributed by atoms with van der Waals surface area (Å²) in [7, 11) is 0. The molecule has 0 aliphatic carbocycles. The maximum atomic E-state index is 13.0. The first-order valence-electron chi connectivity index (χ1n) is 9.60. The van der Waals surface area contributed by atoms with Crippen molar-refractivity contribution in [1.82, 2.24) is 15.2 Å². The SMILES string of the molecule is CC(c1ccc(OCC(C)(F)F)c(Cl)c1)N1Cc2c(ccnc2C(=O)NCCO)C1=O. The van der Waals surface area contributed by atoms with Crippen molar-refractivity contribution in [2.75, 3.05) is 19.8 Å². The molecule has 1 aromatic heterocycles. The van der Waals surface area contributed by atoms with Crippen molar-refractivity contribution < 1.29 is 28.2 Å². The Morgan fingerprint density at radius 3 is 2.81 bits per heavy atom. The van der Waals surface area contributed by atoms with Gasteiger partial charge in [-0.2, -0.15) is 0 Å². The molecule has 1 aromatic carbocycles. The van der Waals surface area contributed by atoms with E-state index in [1.165, 1.54) is 12.3 Å². The summed E-state index contributed by atoms with van der Waals surface area (Å²) in [4.78, 5) is 31.0. The molecule has 3 rings (SSSR count). The molecular weight excluding hydrogens is 432 g/mol. The number of benzene rings is 1. The van der Waals surface area contributed by atoms with Crippen LogP contribution in [0.2, 0.25) is 5.02 Å². The number of hydrogen-bond donors (Lipinski definition) is 2. The summed E-state index contributed by atoms with van der Waals surface area (Å²) in [6, 6.07) is 5.86. The number of fused-ring (bicyclic) bond motifs is 1. The lowest BCUT2D eigenvalue weighted by atomic mass is 10.1. The third-order valence-electron chi connectivity index (χ3n) is 4.87. The van der Waals surface area contributed by atoms with E-state index in [0.29, 0.717) is 16.7 Å². The highest BCUT2D eigenvalue weighted by Gasteiger charge is 2.35. The highest BCUT2D eigenvalue weighted by molar-refractivity contribution is 6.32. The average molecular weight is 454 g/mol. The van der Waals surface area contributed by atoms with Gasteiger partial charge in [-0.15, -0.1) is 0 Å². The van der Waals surface area contributed by atoms with E-state index in [-0.39, 0.29) is 42.1 Å². The zero-order valence-electron chi connectivity index (χ0n) is 17.0. The van der Waals surface area contributed by atoms with E-state index in [9.17, 15) is 18.4 Å². The van der Waals surface area contributed by atoms with Gasteiger partial charge in [0, 0.05) is 37.3 Å². The minimum atomic E-state index is -2.99. The van der Waals surface area contributed by atoms with Crippen LogP contribution in [0.25, 0.3) is 0 Å². The van der Waals surface area contributed by atoms with Crippen LogP contribution in [-0.2, 0) is 6.54 Å². The number of ether oxygens (including phenoxy) is 1. The van der Waals surface area contributed by atoms with Crippen LogP contribution in [0.3, 0.4) is 0 Å². The second kappa shape index (κ2) is 9.15. The van der Waals surface area contributed by atoms with Crippen LogP contribution in [-0.4, -0.2) is 52.5 Å². The normalized spacial score (nSPS) is 14.4. The summed E-state index contributed by atoms with van der Waals surface area (Å²) >= 11 is 6.19. The quantitative estimate of drug-likeness (QED) is 0.640. The van der Waals surface area contributed by atoms with Gasteiger partial charge in [-0.05, 0) is 30.7 Å². The van der Waals surface area contributed by atoms with Gasteiger partial charge in [0.15, 0.2) is 6.61 Å². The predicted octanol–water partition coefficient (Wildman–Crippen LogP) is 3.21. The number of nitrogens with zero attached hydrogens (tertiary/aromatic N) is 2. The molecule has 0 saturated carbocycles. The molecule has 7 nitrogen and oxygen atoms in total. The number of carbonyl (C=O) groups is 2. The van der Waals surface area contributed by atoms with Gasteiger partial charge in [-0.1, -0.05) is 17.7 Å². The van der Waals surface area contributed by atoms with E-state index in [1.807, 2.05) is 0 Å². The second-order valence-corrected chi connectivity index (χ2v) is 7.73. The van der Waals surface area contributed by atoms with Crippen LogP contribution in [0.1, 0.15) is 51.9 Å². The third kappa shape index (κ3) is 5.11. The molecule has 1 atom stereocenters. The van der Waals surface area contributed by atoms with Crippen LogP contribution >= 0.6 is 11.6 Å². The highest BCUT2D eigenvalue weighted by Crippen LogP contribution is 2.35. The number of aliphatic hydroxyl groups is 1. The molecule has 0 saturated heterocycles. The molecule has 0 bridgehead atoms. The zero-order chi connectivity index (χ0) is 22.8. The molecule has 2 heterocycles. The highest BCUT2D eigenvalue weighted by atomic mass is 35.5. The van der Waals surface area contributed by atoms with E-state index < -0.39 is 24.5 Å². The Morgan fingerprint density at radius 2 is 2.16 bits per heavy atom. The van der Waals surface area contributed by atoms with E-state index in [4.69, 9.17) is 21.4 Å². The molecule has 2 aromatic rings. The van der Waals surface area contributed by atoms with Crippen molar-refractivity contribution in [2.45, 2.75) is 32.4 Å². The standard InChI is InChI=1S/C21H22ClF2N3O4/c1-12(13-3-4-17(16(22)9-13)31-11-21(2,23)24)27-10-15-14(20(27)30)5-6-25-18(15)19(29)26-7-8-28/h3-6,9,12,28H,7-8,10-11H2,1-2H3,(H,26,29). The molecule has 1 unspecified atom stereocenters. The van der Waals surface area contributed by atoms with Crippen molar-refractivity contribution in [2.24, 2.45) is 0 Å². The third-order valence-corrected chi connectivity index (χ3v) is 5.17. The summed E-state index contributed by atoms with van der Waals surface area (Å²) in [6.45, 7) is 1.79. The number of aliphatic hydroxyl groups excluding tert-OH is 1. The maximum absolute atomic E-state index is 13.0. The lowest BCUT2D eigenvalue weighted by Crippen LogP contribution is -2.29. The fraction of sp³-hybridized carbons (Fsp3) is 0.381. The maximum Gasteiger partial charge on any atom is 0.278 e. The van der Waals surface area contributed by atoms with E-state index >= 15 is 0 Å². The van der Waals surface area contributed by atoms with Gasteiger partial charge in [0.1, 0.15) is 11.4 Å². The number of amides is 2. The van der Waals surface area contributed by atoms with Gasteiger partial charge < -0.3 is 20.1 Å². The van der Waals surface area contributed by atoms with Crippen LogP contribution in [0.4, 0.5) is 8.78 Å². The Balaban J connectivity index is 1.80. The molecule has 0 fully saturated rings. The van der Waals surface area contributed by atoms with Gasteiger partial charge in [0.05, 0.1) is 17.7 Å². The first-order chi connectivity index (χ1) is 14.6. The monoisotopic (exact) mass is 453 g/mol. The van der Waals surface area contributed by atoms with Crippen LogP contribution in [0.15, 0.2) is 30.5 Å². The molecule has 166 valence electrons. The van der Waals surface area contributed by atoms with Crippen molar-refractivity contribution >= 4 is 23.4 Å². The molecule has 0 radical (unpaired) electrons. The van der Waals surface area contributed by atoms with Crippen LogP contribution < -0.4 is 10.1 Å². The molecular formula is C21H22ClF2N3O4. The molecule has 0 spiro atoms. The van der Waals surface area contributed by atoms with Gasteiger partial charge in [-0.3, -0.25) is 14.6 Å². The molecule has 10 heteroatoms. The smallest absolute Gasteiger partial charge is 0.278 e. The summed E-state index contributed by atoms with van der Waals surface area (Å²) in [5, 5.41) is 11.6. The Labute approximate surface area is 183 Å². The average Bonchev–Trinajstić information content (AvgIpc) is 3.06. The molecule has 2 N–H and O–H groups in total.